The first-order chi connectivity index (χ1) is 5.86. The second-order valence-corrected chi connectivity index (χ2v) is 3.20. The summed E-state index contributed by atoms with van der Waals surface area (Å²) >= 11 is 1.32. The SMILES string of the molecule is Fc1csc(-c2ccccc2)n1. The molecule has 0 aliphatic carbocycles. The summed E-state index contributed by atoms with van der Waals surface area (Å²) in [5, 5.41) is 2.13. The van der Waals surface area contributed by atoms with Crippen LogP contribution in [0.4, 0.5) is 4.39 Å². The average Bonchev–Trinajstić information content (AvgIpc) is 2.54. The van der Waals surface area contributed by atoms with Crippen LogP contribution in [0, 0.1) is 5.95 Å². The van der Waals surface area contributed by atoms with E-state index in [1.807, 2.05) is 30.3 Å². The number of halogens is 1. The van der Waals surface area contributed by atoms with Crippen molar-refractivity contribution in [1.29, 1.82) is 0 Å². The van der Waals surface area contributed by atoms with E-state index >= 15 is 0 Å². The molecule has 0 fully saturated rings. The molecule has 60 valence electrons. The van der Waals surface area contributed by atoms with Crippen LogP contribution >= 0.6 is 11.3 Å². The first-order valence-corrected chi connectivity index (χ1v) is 4.41. The van der Waals surface area contributed by atoms with Gasteiger partial charge in [0.1, 0.15) is 5.01 Å². The Balaban J connectivity index is 2.45. The summed E-state index contributed by atoms with van der Waals surface area (Å²) < 4.78 is 12.5. The van der Waals surface area contributed by atoms with E-state index in [9.17, 15) is 4.39 Å². The predicted molar refractivity (Wildman–Crippen MR) is 47.5 cm³/mol. The molecule has 1 nitrogen and oxygen atoms in total. The lowest BCUT2D eigenvalue weighted by molar-refractivity contribution is 0.593. The van der Waals surface area contributed by atoms with Crippen LogP contribution in [0.15, 0.2) is 35.7 Å². The van der Waals surface area contributed by atoms with Crippen LogP contribution in [-0.2, 0) is 0 Å². The van der Waals surface area contributed by atoms with Gasteiger partial charge in [0.15, 0.2) is 0 Å². The first-order valence-electron chi connectivity index (χ1n) is 3.53. The number of hydrogen-bond acceptors (Lipinski definition) is 2. The molecule has 0 bridgehead atoms. The molecule has 0 aliphatic rings. The Kier molecular flexibility index (Phi) is 1.87. The van der Waals surface area contributed by atoms with Crippen molar-refractivity contribution in [3.05, 3.63) is 41.7 Å². The van der Waals surface area contributed by atoms with E-state index in [0.29, 0.717) is 0 Å². The Morgan fingerprint density at radius 2 is 1.92 bits per heavy atom. The van der Waals surface area contributed by atoms with Gasteiger partial charge in [0.25, 0.3) is 0 Å². The molecular formula is C9H6FNS. The zero-order valence-electron chi connectivity index (χ0n) is 6.20. The summed E-state index contributed by atoms with van der Waals surface area (Å²) in [6, 6.07) is 9.58. The number of rotatable bonds is 1. The highest BCUT2D eigenvalue weighted by atomic mass is 32.1. The molecule has 0 N–H and O–H groups in total. The van der Waals surface area contributed by atoms with E-state index in [4.69, 9.17) is 0 Å². The lowest BCUT2D eigenvalue weighted by atomic mass is 10.2. The molecule has 2 aromatic rings. The second kappa shape index (κ2) is 3.03. The minimum Gasteiger partial charge on any atom is -0.208 e. The molecule has 0 aliphatic heterocycles. The summed E-state index contributed by atoms with van der Waals surface area (Å²) in [6.07, 6.45) is 0. The number of thiazole rings is 1. The van der Waals surface area contributed by atoms with E-state index < -0.39 is 5.95 Å². The first kappa shape index (κ1) is 7.43. The molecular weight excluding hydrogens is 173 g/mol. The molecule has 0 spiro atoms. The van der Waals surface area contributed by atoms with Gasteiger partial charge < -0.3 is 0 Å². The molecule has 2 rings (SSSR count). The maximum absolute atomic E-state index is 12.5. The average molecular weight is 179 g/mol. The maximum atomic E-state index is 12.5. The van der Waals surface area contributed by atoms with Crippen LogP contribution in [0.2, 0.25) is 0 Å². The van der Waals surface area contributed by atoms with Crippen LogP contribution in [0.25, 0.3) is 10.6 Å². The van der Waals surface area contributed by atoms with Gasteiger partial charge in [0, 0.05) is 10.9 Å². The van der Waals surface area contributed by atoms with Gasteiger partial charge in [0.05, 0.1) is 0 Å². The molecule has 3 heteroatoms. The Labute approximate surface area is 73.5 Å². The largest absolute Gasteiger partial charge is 0.224 e. The van der Waals surface area contributed by atoms with Crippen LogP contribution < -0.4 is 0 Å². The second-order valence-electron chi connectivity index (χ2n) is 2.34. The maximum Gasteiger partial charge on any atom is 0.224 e. The fraction of sp³-hybridized carbons (Fsp3) is 0. The van der Waals surface area contributed by atoms with Crippen molar-refractivity contribution in [2.75, 3.05) is 0 Å². The zero-order valence-corrected chi connectivity index (χ0v) is 7.01. The van der Waals surface area contributed by atoms with E-state index in [1.54, 1.807) is 0 Å². The third-order valence-electron chi connectivity index (χ3n) is 1.50. The predicted octanol–water partition coefficient (Wildman–Crippen LogP) is 2.95. The molecule has 1 aromatic heterocycles. The number of benzene rings is 1. The lowest BCUT2D eigenvalue weighted by Gasteiger charge is -1.91. The Bertz CT molecular complexity index is 369. The normalized spacial score (nSPS) is 10.1. The van der Waals surface area contributed by atoms with E-state index in [-0.39, 0.29) is 0 Å². The lowest BCUT2D eigenvalue weighted by Crippen LogP contribution is -1.75. The van der Waals surface area contributed by atoms with Gasteiger partial charge >= 0.3 is 0 Å². The smallest absolute Gasteiger partial charge is 0.208 e. The van der Waals surface area contributed by atoms with Crippen molar-refractivity contribution < 1.29 is 4.39 Å². The fourth-order valence-electron chi connectivity index (χ4n) is 0.967. The van der Waals surface area contributed by atoms with Gasteiger partial charge in [-0.05, 0) is 0 Å². The van der Waals surface area contributed by atoms with Crippen molar-refractivity contribution in [3.8, 4) is 10.6 Å². The summed E-state index contributed by atoms with van der Waals surface area (Å²) in [4.78, 5) is 3.73. The van der Waals surface area contributed by atoms with Crippen molar-refractivity contribution in [2.24, 2.45) is 0 Å². The summed E-state index contributed by atoms with van der Waals surface area (Å²) in [5.41, 5.74) is 0.964. The Morgan fingerprint density at radius 3 is 2.50 bits per heavy atom. The summed E-state index contributed by atoms with van der Waals surface area (Å²) in [6.45, 7) is 0. The Morgan fingerprint density at radius 1 is 1.17 bits per heavy atom. The van der Waals surface area contributed by atoms with Crippen molar-refractivity contribution in [3.63, 3.8) is 0 Å². The summed E-state index contributed by atoms with van der Waals surface area (Å²) in [5.74, 6) is -0.404. The topological polar surface area (TPSA) is 12.9 Å². The molecule has 0 saturated carbocycles. The van der Waals surface area contributed by atoms with Gasteiger partial charge in [-0.25, -0.2) is 4.98 Å². The molecule has 0 unspecified atom stereocenters. The third kappa shape index (κ3) is 1.36. The molecule has 1 aromatic carbocycles. The zero-order chi connectivity index (χ0) is 8.39. The minimum atomic E-state index is -0.404. The van der Waals surface area contributed by atoms with Gasteiger partial charge in [-0.15, -0.1) is 11.3 Å². The van der Waals surface area contributed by atoms with Gasteiger partial charge in [-0.1, -0.05) is 30.3 Å². The molecule has 0 saturated heterocycles. The van der Waals surface area contributed by atoms with Crippen LogP contribution in [0.1, 0.15) is 0 Å². The third-order valence-corrected chi connectivity index (χ3v) is 2.36. The molecule has 0 amide bonds. The van der Waals surface area contributed by atoms with E-state index in [1.165, 1.54) is 16.7 Å². The van der Waals surface area contributed by atoms with Crippen LogP contribution in [0.3, 0.4) is 0 Å². The molecule has 0 atom stereocenters. The van der Waals surface area contributed by atoms with Gasteiger partial charge in [0.2, 0.25) is 5.95 Å². The minimum absolute atomic E-state index is 0.404. The summed E-state index contributed by atoms with van der Waals surface area (Å²) in [7, 11) is 0. The molecule has 1 heterocycles. The highest BCUT2D eigenvalue weighted by Gasteiger charge is 2.01. The number of nitrogens with zero attached hydrogens (tertiary/aromatic N) is 1. The fourth-order valence-corrected chi connectivity index (χ4v) is 1.64. The molecule has 0 radical (unpaired) electrons. The number of hydrogen-bond donors (Lipinski definition) is 0. The standard InChI is InChI=1S/C9H6FNS/c10-8-6-12-9(11-8)7-4-2-1-3-5-7/h1-6H. The van der Waals surface area contributed by atoms with Crippen molar-refractivity contribution in [1.82, 2.24) is 4.98 Å². The monoisotopic (exact) mass is 179 g/mol. The van der Waals surface area contributed by atoms with Crippen molar-refractivity contribution in [2.45, 2.75) is 0 Å². The quantitative estimate of drug-likeness (QED) is 0.655. The van der Waals surface area contributed by atoms with E-state index in [2.05, 4.69) is 4.98 Å². The Hall–Kier alpha value is -1.22. The molecule has 12 heavy (non-hydrogen) atoms. The van der Waals surface area contributed by atoms with Crippen molar-refractivity contribution >= 4 is 11.3 Å². The van der Waals surface area contributed by atoms with E-state index in [0.717, 1.165) is 10.6 Å². The van der Waals surface area contributed by atoms with Crippen LogP contribution in [0.5, 0.6) is 0 Å². The van der Waals surface area contributed by atoms with Crippen LogP contribution in [-0.4, -0.2) is 4.98 Å². The van der Waals surface area contributed by atoms with Gasteiger partial charge in [-0.2, -0.15) is 4.39 Å². The number of aromatic nitrogens is 1. The highest BCUT2D eigenvalue weighted by Crippen LogP contribution is 2.22. The van der Waals surface area contributed by atoms with Gasteiger partial charge in [-0.3, -0.25) is 0 Å². The highest BCUT2D eigenvalue weighted by molar-refractivity contribution is 7.13.